The van der Waals surface area contributed by atoms with Crippen LogP contribution in [0, 0.1) is 5.92 Å². The quantitative estimate of drug-likeness (QED) is 0.762. The summed E-state index contributed by atoms with van der Waals surface area (Å²) < 4.78 is 2.13. The van der Waals surface area contributed by atoms with Gasteiger partial charge in [0, 0.05) is 6.04 Å². The second kappa shape index (κ2) is 3.10. The Morgan fingerprint density at radius 1 is 1.54 bits per heavy atom. The maximum absolute atomic E-state index is 6.03. The molecular formula is C9H16N4. The fraction of sp³-hybridized carbons (Fsp3) is 0.778. The zero-order valence-electron chi connectivity index (χ0n) is 8.14. The van der Waals surface area contributed by atoms with Gasteiger partial charge in [0.25, 0.3) is 0 Å². The fourth-order valence-corrected chi connectivity index (χ4v) is 1.42. The van der Waals surface area contributed by atoms with Crippen molar-refractivity contribution in [1.29, 1.82) is 0 Å². The molecule has 1 atom stereocenters. The molecule has 72 valence electrons. The molecule has 1 aromatic rings. The number of aromatic nitrogens is 3. The third-order valence-corrected chi connectivity index (χ3v) is 2.56. The average Bonchev–Trinajstić information content (AvgIpc) is 2.83. The standard InChI is InChI=1S/C9H16N4/c1-6(2)8(10)9-12-11-5-13(9)7-3-4-7/h5-8H,3-4,10H2,1-2H3. The molecule has 1 fully saturated rings. The molecule has 0 aliphatic heterocycles. The van der Waals surface area contributed by atoms with E-state index in [0.29, 0.717) is 12.0 Å². The molecule has 0 aromatic carbocycles. The average molecular weight is 180 g/mol. The third-order valence-electron chi connectivity index (χ3n) is 2.56. The molecule has 0 bridgehead atoms. The molecule has 0 spiro atoms. The smallest absolute Gasteiger partial charge is 0.150 e. The van der Waals surface area contributed by atoms with E-state index >= 15 is 0 Å². The van der Waals surface area contributed by atoms with E-state index in [4.69, 9.17) is 5.73 Å². The van der Waals surface area contributed by atoms with Gasteiger partial charge in [-0.3, -0.25) is 0 Å². The predicted octanol–water partition coefficient (Wildman–Crippen LogP) is 1.27. The van der Waals surface area contributed by atoms with E-state index in [1.54, 1.807) is 6.33 Å². The Labute approximate surface area is 78.1 Å². The predicted molar refractivity (Wildman–Crippen MR) is 50.1 cm³/mol. The summed E-state index contributed by atoms with van der Waals surface area (Å²) in [4.78, 5) is 0. The lowest BCUT2D eigenvalue weighted by molar-refractivity contribution is 0.466. The number of hydrogen-bond donors (Lipinski definition) is 1. The summed E-state index contributed by atoms with van der Waals surface area (Å²) in [5.74, 6) is 1.36. The van der Waals surface area contributed by atoms with Crippen molar-refractivity contribution in [2.24, 2.45) is 11.7 Å². The molecule has 1 saturated carbocycles. The van der Waals surface area contributed by atoms with Crippen LogP contribution in [0.1, 0.15) is 44.6 Å². The van der Waals surface area contributed by atoms with Crippen molar-refractivity contribution < 1.29 is 0 Å². The van der Waals surface area contributed by atoms with Gasteiger partial charge in [0.2, 0.25) is 0 Å². The van der Waals surface area contributed by atoms with Gasteiger partial charge in [0.1, 0.15) is 12.2 Å². The van der Waals surface area contributed by atoms with Crippen LogP contribution in [0.3, 0.4) is 0 Å². The van der Waals surface area contributed by atoms with E-state index in [1.165, 1.54) is 12.8 Å². The molecule has 2 rings (SSSR count). The third kappa shape index (κ3) is 1.58. The van der Waals surface area contributed by atoms with Gasteiger partial charge in [-0.2, -0.15) is 0 Å². The minimum Gasteiger partial charge on any atom is -0.321 e. The Kier molecular flexibility index (Phi) is 2.07. The van der Waals surface area contributed by atoms with Gasteiger partial charge in [-0.1, -0.05) is 13.8 Å². The van der Waals surface area contributed by atoms with E-state index < -0.39 is 0 Å². The SMILES string of the molecule is CC(C)C(N)c1nncn1C1CC1. The highest BCUT2D eigenvalue weighted by molar-refractivity contribution is 5.00. The lowest BCUT2D eigenvalue weighted by Gasteiger charge is -2.15. The molecule has 0 radical (unpaired) electrons. The van der Waals surface area contributed by atoms with Crippen molar-refractivity contribution >= 4 is 0 Å². The topological polar surface area (TPSA) is 56.7 Å². The number of nitrogens with zero attached hydrogens (tertiary/aromatic N) is 3. The van der Waals surface area contributed by atoms with Crippen LogP contribution in [0.2, 0.25) is 0 Å². The molecular weight excluding hydrogens is 164 g/mol. The first-order valence-electron chi connectivity index (χ1n) is 4.85. The van der Waals surface area contributed by atoms with E-state index in [0.717, 1.165) is 5.82 Å². The van der Waals surface area contributed by atoms with Gasteiger partial charge in [-0.25, -0.2) is 0 Å². The maximum atomic E-state index is 6.03. The summed E-state index contributed by atoms with van der Waals surface area (Å²) in [6.45, 7) is 4.22. The molecule has 1 aromatic heterocycles. The molecule has 4 nitrogen and oxygen atoms in total. The molecule has 1 aliphatic carbocycles. The number of hydrogen-bond acceptors (Lipinski definition) is 3. The van der Waals surface area contributed by atoms with Gasteiger partial charge >= 0.3 is 0 Å². The van der Waals surface area contributed by atoms with Crippen molar-refractivity contribution in [2.75, 3.05) is 0 Å². The zero-order chi connectivity index (χ0) is 9.42. The van der Waals surface area contributed by atoms with E-state index in [9.17, 15) is 0 Å². The van der Waals surface area contributed by atoms with Crippen LogP contribution in [0.15, 0.2) is 6.33 Å². The van der Waals surface area contributed by atoms with Crippen LogP contribution in [0.25, 0.3) is 0 Å². The van der Waals surface area contributed by atoms with Gasteiger partial charge in [-0.05, 0) is 18.8 Å². The van der Waals surface area contributed by atoms with Crippen LogP contribution in [0.4, 0.5) is 0 Å². The Morgan fingerprint density at radius 2 is 2.23 bits per heavy atom. The van der Waals surface area contributed by atoms with Crippen LogP contribution >= 0.6 is 0 Å². The minimum absolute atomic E-state index is 0.0168. The monoisotopic (exact) mass is 180 g/mol. The fourth-order valence-electron chi connectivity index (χ4n) is 1.42. The Morgan fingerprint density at radius 3 is 2.77 bits per heavy atom. The molecule has 4 heteroatoms. The lowest BCUT2D eigenvalue weighted by atomic mass is 10.1. The molecule has 1 aliphatic rings. The van der Waals surface area contributed by atoms with Crippen molar-refractivity contribution in [1.82, 2.24) is 14.8 Å². The van der Waals surface area contributed by atoms with Gasteiger partial charge in [0.05, 0.1) is 6.04 Å². The first-order valence-corrected chi connectivity index (χ1v) is 4.85. The highest BCUT2D eigenvalue weighted by atomic mass is 15.3. The molecule has 13 heavy (non-hydrogen) atoms. The highest BCUT2D eigenvalue weighted by Crippen LogP contribution is 2.36. The van der Waals surface area contributed by atoms with Crippen LogP contribution < -0.4 is 5.73 Å². The van der Waals surface area contributed by atoms with Crippen LogP contribution in [0.5, 0.6) is 0 Å². The van der Waals surface area contributed by atoms with Crippen LogP contribution in [-0.4, -0.2) is 14.8 Å². The van der Waals surface area contributed by atoms with Gasteiger partial charge in [-0.15, -0.1) is 10.2 Å². The van der Waals surface area contributed by atoms with Gasteiger partial charge in [0.15, 0.2) is 0 Å². The van der Waals surface area contributed by atoms with Crippen molar-refractivity contribution in [3.8, 4) is 0 Å². The second-order valence-electron chi connectivity index (χ2n) is 4.10. The highest BCUT2D eigenvalue weighted by Gasteiger charge is 2.28. The van der Waals surface area contributed by atoms with Crippen molar-refractivity contribution in [3.05, 3.63) is 12.2 Å². The van der Waals surface area contributed by atoms with E-state index in [2.05, 4.69) is 28.6 Å². The molecule has 0 saturated heterocycles. The molecule has 2 N–H and O–H groups in total. The maximum Gasteiger partial charge on any atom is 0.150 e. The zero-order valence-corrected chi connectivity index (χ0v) is 8.14. The summed E-state index contributed by atoms with van der Waals surface area (Å²) >= 11 is 0. The van der Waals surface area contributed by atoms with Gasteiger partial charge < -0.3 is 10.3 Å². The second-order valence-corrected chi connectivity index (χ2v) is 4.10. The van der Waals surface area contributed by atoms with Crippen LogP contribution in [-0.2, 0) is 0 Å². The van der Waals surface area contributed by atoms with E-state index in [-0.39, 0.29) is 6.04 Å². The Balaban J connectivity index is 2.22. The summed E-state index contributed by atoms with van der Waals surface area (Å²) in [6, 6.07) is 0.637. The minimum atomic E-state index is 0.0168. The largest absolute Gasteiger partial charge is 0.321 e. The van der Waals surface area contributed by atoms with Crippen molar-refractivity contribution in [3.63, 3.8) is 0 Å². The number of rotatable bonds is 3. The normalized spacial score (nSPS) is 19.4. The van der Waals surface area contributed by atoms with Crippen molar-refractivity contribution in [2.45, 2.75) is 38.8 Å². The summed E-state index contributed by atoms with van der Waals surface area (Å²) in [5, 5.41) is 8.01. The number of nitrogens with two attached hydrogens (primary N) is 1. The lowest BCUT2D eigenvalue weighted by Crippen LogP contribution is -2.21. The first-order chi connectivity index (χ1) is 6.20. The first kappa shape index (κ1) is 8.69. The summed E-state index contributed by atoms with van der Waals surface area (Å²) in [5.41, 5.74) is 6.03. The Bertz CT molecular complexity index is 288. The molecule has 1 unspecified atom stereocenters. The molecule has 1 heterocycles. The summed E-state index contributed by atoms with van der Waals surface area (Å²) in [7, 11) is 0. The Hall–Kier alpha value is -0.900. The molecule has 0 amide bonds. The van der Waals surface area contributed by atoms with E-state index in [1.807, 2.05) is 0 Å². The summed E-state index contributed by atoms with van der Waals surface area (Å²) in [6.07, 6.45) is 4.29.